The Bertz CT molecular complexity index is 1160. The van der Waals surface area contributed by atoms with E-state index in [0.717, 1.165) is 21.1 Å². The van der Waals surface area contributed by atoms with Crippen molar-refractivity contribution >= 4 is 16.3 Å². The van der Waals surface area contributed by atoms with Crippen LogP contribution in [0.1, 0.15) is 0 Å². The molecule has 5 nitrogen and oxygen atoms in total. The van der Waals surface area contributed by atoms with Crippen molar-refractivity contribution in [3.8, 4) is 33.1 Å². The van der Waals surface area contributed by atoms with E-state index >= 15 is 0 Å². The summed E-state index contributed by atoms with van der Waals surface area (Å²) >= 11 is 1.53. The van der Waals surface area contributed by atoms with Gasteiger partial charge in [0.05, 0.1) is 0 Å². The van der Waals surface area contributed by atoms with E-state index in [1.807, 2.05) is 30.3 Å². The number of pyridine rings is 1. The molecule has 3 aromatic heterocycles. The van der Waals surface area contributed by atoms with Crippen molar-refractivity contribution in [3.05, 3.63) is 79.1 Å². The molecule has 0 amide bonds. The Labute approximate surface area is 153 Å². The van der Waals surface area contributed by atoms with Crippen molar-refractivity contribution in [2.24, 2.45) is 0 Å². The van der Waals surface area contributed by atoms with Crippen LogP contribution in [0.5, 0.6) is 0 Å². The van der Waals surface area contributed by atoms with Gasteiger partial charge in [0.15, 0.2) is 5.82 Å². The molecule has 0 atom stereocenters. The van der Waals surface area contributed by atoms with E-state index in [4.69, 9.17) is 5.10 Å². The number of benzene rings is 2. The van der Waals surface area contributed by atoms with Crippen LogP contribution in [-0.4, -0.2) is 24.8 Å². The van der Waals surface area contributed by atoms with Crippen molar-refractivity contribution in [2.45, 2.75) is 0 Å². The first-order valence-electron chi connectivity index (χ1n) is 8.17. The van der Waals surface area contributed by atoms with Crippen LogP contribution in [0.25, 0.3) is 38.0 Å². The lowest BCUT2D eigenvalue weighted by molar-refractivity contribution is 0.969. The number of fused-ring (bicyclic) bond motifs is 1. The molecule has 6 heteroatoms. The third-order valence-corrected chi connectivity index (χ3v) is 5.10. The first-order valence-corrected chi connectivity index (χ1v) is 8.99. The van der Waals surface area contributed by atoms with E-state index in [1.165, 1.54) is 22.5 Å². The van der Waals surface area contributed by atoms with Crippen molar-refractivity contribution in [1.82, 2.24) is 24.8 Å². The van der Waals surface area contributed by atoms with Gasteiger partial charge in [0.25, 0.3) is 0 Å². The zero-order valence-corrected chi connectivity index (χ0v) is 14.5. The fourth-order valence-corrected chi connectivity index (χ4v) is 3.69. The van der Waals surface area contributed by atoms with E-state index in [-0.39, 0.29) is 0 Å². The monoisotopic (exact) mass is 355 g/mol. The Balaban J connectivity index is 1.53. The van der Waals surface area contributed by atoms with Crippen LogP contribution in [0.15, 0.2) is 79.1 Å². The van der Waals surface area contributed by atoms with Crippen molar-refractivity contribution < 1.29 is 0 Å². The van der Waals surface area contributed by atoms with Gasteiger partial charge in [-0.05, 0) is 23.3 Å². The Morgan fingerprint density at radius 2 is 1.42 bits per heavy atom. The molecule has 26 heavy (non-hydrogen) atoms. The second-order valence-electron chi connectivity index (χ2n) is 5.81. The topological polar surface area (TPSA) is 56.0 Å². The SMILES string of the molecule is c1ccc(-c2ccc(-c3nn4c(-c5cccnc5)nnc4s3)cc2)cc1. The van der Waals surface area contributed by atoms with E-state index in [0.29, 0.717) is 5.82 Å². The van der Waals surface area contributed by atoms with Gasteiger partial charge in [-0.1, -0.05) is 65.9 Å². The molecular weight excluding hydrogens is 342 g/mol. The fourth-order valence-electron chi connectivity index (χ4n) is 2.84. The lowest BCUT2D eigenvalue weighted by Gasteiger charge is -2.02. The standard InChI is InChI=1S/C20H13N5S/c1-2-5-14(6-3-1)15-8-10-16(11-9-15)19-24-25-18(22-23-20(25)26-19)17-7-4-12-21-13-17/h1-13H. The average molecular weight is 355 g/mol. The molecule has 124 valence electrons. The van der Waals surface area contributed by atoms with Crippen molar-refractivity contribution in [2.75, 3.05) is 0 Å². The molecule has 3 heterocycles. The van der Waals surface area contributed by atoms with Crippen LogP contribution in [0, 0.1) is 0 Å². The first-order chi connectivity index (χ1) is 12.9. The predicted octanol–water partition coefficient (Wildman–Crippen LogP) is 4.58. The van der Waals surface area contributed by atoms with Gasteiger partial charge < -0.3 is 0 Å². The molecule has 5 aromatic rings. The molecule has 0 saturated carbocycles. The van der Waals surface area contributed by atoms with Gasteiger partial charge in [-0.25, -0.2) is 0 Å². The largest absolute Gasteiger partial charge is 0.264 e. The molecule has 0 radical (unpaired) electrons. The summed E-state index contributed by atoms with van der Waals surface area (Å²) in [6, 6.07) is 22.6. The molecule has 0 aliphatic heterocycles. The van der Waals surface area contributed by atoms with Gasteiger partial charge in [0.1, 0.15) is 5.01 Å². The summed E-state index contributed by atoms with van der Waals surface area (Å²) in [4.78, 5) is 4.91. The van der Waals surface area contributed by atoms with Crippen LogP contribution in [0.3, 0.4) is 0 Å². The van der Waals surface area contributed by atoms with Crippen molar-refractivity contribution in [3.63, 3.8) is 0 Å². The maximum Gasteiger partial charge on any atom is 0.235 e. The molecule has 0 spiro atoms. The summed E-state index contributed by atoms with van der Waals surface area (Å²) in [5, 5.41) is 14.1. The lowest BCUT2D eigenvalue weighted by atomic mass is 10.0. The molecular formula is C20H13N5S. The Morgan fingerprint density at radius 3 is 2.19 bits per heavy atom. The summed E-state index contributed by atoms with van der Waals surface area (Å²) in [6.45, 7) is 0. The minimum atomic E-state index is 0.705. The molecule has 0 aliphatic carbocycles. The molecule has 0 aliphatic rings. The summed E-state index contributed by atoms with van der Waals surface area (Å²) in [5.74, 6) is 0.705. The highest BCUT2D eigenvalue weighted by molar-refractivity contribution is 7.19. The van der Waals surface area contributed by atoms with Gasteiger partial charge in [-0.3, -0.25) is 4.98 Å². The summed E-state index contributed by atoms with van der Waals surface area (Å²) in [7, 11) is 0. The predicted molar refractivity (Wildman–Crippen MR) is 103 cm³/mol. The molecule has 0 N–H and O–H groups in total. The van der Waals surface area contributed by atoms with Crippen LogP contribution < -0.4 is 0 Å². The highest BCUT2D eigenvalue weighted by Crippen LogP contribution is 2.29. The smallest absolute Gasteiger partial charge is 0.235 e. The number of nitrogens with zero attached hydrogens (tertiary/aromatic N) is 5. The summed E-state index contributed by atoms with van der Waals surface area (Å²) < 4.78 is 1.78. The average Bonchev–Trinajstić information content (AvgIpc) is 3.30. The highest BCUT2D eigenvalue weighted by atomic mass is 32.1. The highest BCUT2D eigenvalue weighted by Gasteiger charge is 2.14. The number of aromatic nitrogens is 5. The Morgan fingerprint density at radius 1 is 0.692 bits per heavy atom. The molecule has 0 bridgehead atoms. The van der Waals surface area contributed by atoms with Gasteiger partial charge in [0, 0.05) is 23.5 Å². The third kappa shape index (κ3) is 2.57. The van der Waals surface area contributed by atoms with E-state index in [1.54, 1.807) is 16.9 Å². The quantitative estimate of drug-likeness (QED) is 0.475. The molecule has 5 rings (SSSR count). The summed E-state index contributed by atoms with van der Waals surface area (Å²) in [5.41, 5.74) is 4.36. The van der Waals surface area contributed by atoms with Gasteiger partial charge in [0.2, 0.25) is 4.96 Å². The van der Waals surface area contributed by atoms with Gasteiger partial charge >= 0.3 is 0 Å². The summed E-state index contributed by atoms with van der Waals surface area (Å²) in [6.07, 6.45) is 3.51. The number of hydrogen-bond donors (Lipinski definition) is 0. The van der Waals surface area contributed by atoms with Gasteiger partial charge in [-0.15, -0.1) is 10.2 Å². The maximum atomic E-state index is 4.70. The lowest BCUT2D eigenvalue weighted by Crippen LogP contribution is -1.91. The zero-order valence-electron chi connectivity index (χ0n) is 13.6. The Kier molecular flexibility index (Phi) is 3.54. The Hall–Kier alpha value is -3.38. The van der Waals surface area contributed by atoms with E-state index < -0.39 is 0 Å². The van der Waals surface area contributed by atoms with Crippen LogP contribution in [0.4, 0.5) is 0 Å². The number of rotatable bonds is 3. The van der Waals surface area contributed by atoms with E-state index in [9.17, 15) is 0 Å². The molecule has 0 unspecified atom stereocenters. The molecule has 2 aromatic carbocycles. The maximum absolute atomic E-state index is 4.70. The molecule has 0 fully saturated rings. The van der Waals surface area contributed by atoms with Gasteiger partial charge in [-0.2, -0.15) is 9.61 Å². The minimum absolute atomic E-state index is 0.705. The second kappa shape index (κ2) is 6.16. The second-order valence-corrected chi connectivity index (χ2v) is 6.77. The first kappa shape index (κ1) is 14.9. The number of hydrogen-bond acceptors (Lipinski definition) is 5. The van der Waals surface area contributed by atoms with Crippen LogP contribution >= 0.6 is 11.3 Å². The minimum Gasteiger partial charge on any atom is -0.264 e. The molecule has 0 saturated heterocycles. The van der Waals surface area contributed by atoms with Crippen molar-refractivity contribution in [1.29, 1.82) is 0 Å². The normalized spacial score (nSPS) is 11.1. The van der Waals surface area contributed by atoms with Crippen LogP contribution in [0.2, 0.25) is 0 Å². The third-order valence-electron chi connectivity index (χ3n) is 4.15. The fraction of sp³-hybridized carbons (Fsp3) is 0. The van der Waals surface area contributed by atoms with Crippen LogP contribution in [-0.2, 0) is 0 Å². The zero-order chi connectivity index (χ0) is 17.3. The van der Waals surface area contributed by atoms with E-state index in [2.05, 4.69) is 51.6 Å².